The first-order valence-corrected chi connectivity index (χ1v) is 7.41. The van der Waals surface area contributed by atoms with Gasteiger partial charge in [0.2, 0.25) is 5.95 Å². The molecular weight excluding hydrogens is 370 g/mol. The number of halogens is 2. The Morgan fingerprint density at radius 3 is 2.91 bits per heavy atom. The molecule has 0 aliphatic rings. The second kappa shape index (κ2) is 6.25. The monoisotopic (exact) mass is 377 g/mol. The molecule has 6 nitrogen and oxygen atoms in total. The van der Waals surface area contributed by atoms with Gasteiger partial charge >= 0.3 is 0 Å². The minimum absolute atomic E-state index is 0.154. The maximum atomic E-state index is 12.2. The van der Waals surface area contributed by atoms with E-state index in [1.807, 2.05) is 6.07 Å². The highest BCUT2D eigenvalue weighted by atomic mass is 79.9. The molecule has 8 heteroatoms. The van der Waals surface area contributed by atoms with Crippen LogP contribution in [0, 0.1) is 0 Å². The molecule has 0 spiro atoms. The van der Waals surface area contributed by atoms with Crippen molar-refractivity contribution in [2.24, 2.45) is 0 Å². The van der Waals surface area contributed by atoms with Gasteiger partial charge in [0, 0.05) is 10.7 Å². The van der Waals surface area contributed by atoms with E-state index in [9.17, 15) is 4.79 Å². The Balaban J connectivity index is 1.81. The minimum Gasteiger partial charge on any atom is -0.289 e. The van der Waals surface area contributed by atoms with E-state index in [1.165, 1.54) is 0 Å². The molecular formula is C14H9BrClN5O. The van der Waals surface area contributed by atoms with E-state index in [1.54, 1.807) is 36.5 Å². The third-order valence-electron chi connectivity index (χ3n) is 2.79. The molecule has 110 valence electrons. The highest BCUT2D eigenvalue weighted by molar-refractivity contribution is 9.10. The molecule has 0 aliphatic heterocycles. The van der Waals surface area contributed by atoms with Crippen molar-refractivity contribution >= 4 is 39.4 Å². The van der Waals surface area contributed by atoms with Crippen LogP contribution in [0.2, 0.25) is 5.02 Å². The van der Waals surface area contributed by atoms with Gasteiger partial charge in [-0.3, -0.25) is 20.2 Å². The fourth-order valence-electron chi connectivity index (χ4n) is 1.78. The van der Waals surface area contributed by atoms with E-state index in [2.05, 4.69) is 41.4 Å². The van der Waals surface area contributed by atoms with E-state index in [0.717, 1.165) is 4.47 Å². The Labute approximate surface area is 139 Å². The van der Waals surface area contributed by atoms with Crippen molar-refractivity contribution in [3.05, 3.63) is 57.7 Å². The SMILES string of the molecule is O=C(Nc1n[nH]c(-c2ccccn2)n1)c1cc(Br)ccc1Cl. The lowest BCUT2D eigenvalue weighted by Gasteiger charge is -2.03. The molecule has 0 radical (unpaired) electrons. The first kappa shape index (κ1) is 14.7. The molecule has 0 fully saturated rings. The Morgan fingerprint density at radius 1 is 1.27 bits per heavy atom. The van der Waals surface area contributed by atoms with E-state index in [4.69, 9.17) is 11.6 Å². The number of H-pyrrole nitrogens is 1. The maximum Gasteiger partial charge on any atom is 0.259 e. The van der Waals surface area contributed by atoms with Crippen LogP contribution in [0.4, 0.5) is 5.95 Å². The average molecular weight is 379 g/mol. The lowest BCUT2D eigenvalue weighted by molar-refractivity contribution is 0.102. The summed E-state index contributed by atoms with van der Waals surface area (Å²) in [6.07, 6.45) is 1.65. The van der Waals surface area contributed by atoms with Crippen molar-refractivity contribution < 1.29 is 4.79 Å². The fraction of sp³-hybridized carbons (Fsp3) is 0. The standard InChI is InChI=1S/C14H9BrClN5O/c15-8-4-5-10(16)9(7-8)13(22)19-14-18-12(20-21-14)11-3-1-2-6-17-11/h1-7H,(H2,18,19,20,21,22). The maximum absolute atomic E-state index is 12.2. The van der Waals surface area contributed by atoms with Crippen LogP contribution in [0.3, 0.4) is 0 Å². The molecule has 0 aliphatic carbocycles. The molecule has 0 saturated carbocycles. The molecule has 3 aromatic rings. The summed E-state index contributed by atoms with van der Waals surface area (Å²) in [7, 11) is 0. The predicted molar refractivity (Wildman–Crippen MR) is 86.7 cm³/mol. The second-order valence-electron chi connectivity index (χ2n) is 4.30. The molecule has 2 aromatic heterocycles. The number of nitrogens with one attached hydrogen (secondary N) is 2. The Kier molecular flexibility index (Phi) is 4.17. The summed E-state index contributed by atoms with van der Waals surface area (Å²) < 4.78 is 0.756. The summed E-state index contributed by atoms with van der Waals surface area (Å²) >= 11 is 9.32. The summed E-state index contributed by atoms with van der Waals surface area (Å²) in [5.74, 6) is 0.232. The predicted octanol–water partition coefficient (Wildman–Crippen LogP) is 3.53. The zero-order valence-electron chi connectivity index (χ0n) is 11.0. The van der Waals surface area contributed by atoms with E-state index < -0.39 is 5.91 Å². The quantitative estimate of drug-likeness (QED) is 0.730. The molecule has 0 saturated heterocycles. The third-order valence-corrected chi connectivity index (χ3v) is 3.61. The molecule has 0 unspecified atom stereocenters. The average Bonchev–Trinajstić information content (AvgIpc) is 2.99. The number of carbonyl (C=O) groups excluding carboxylic acids is 1. The first-order valence-electron chi connectivity index (χ1n) is 6.24. The van der Waals surface area contributed by atoms with Crippen molar-refractivity contribution in [3.8, 4) is 11.5 Å². The number of benzene rings is 1. The highest BCUT2D eigenvalue weighted by Crippen LogP contribution is 2.22. The molecule has 3 rings (SSSR count). The molecule has 22 heavy (non-hydrogen) atoms. The van der Waals surface area contributed by atoms with Gasteiger partial charge in [-0.05, 0) is 30.3 Å². The van der Waals surface area contributed by atoms with Crippen LogP contribution in [0.5, 0.6) is 0 Å². The van der Waals surface area contributed by atoms with Crippen LogP contribution in [-0.4, -0.2) is 26.1 Å². The fourth-order valence-corrected chi connectivity index (χ4v) is 2.34. The van der Waals surface area contributed by atoms with Crippen molar-refractivity contribution in [2.75, 3.05) is 5.32 Å². The molecule has 2 heterocycles. The number of pyridine rings is 1. The van der Waals surface area contributed by atoms with Crippen LogP contribution >= 0.6 is 27.5 Å². The van der Waals surface area contributed by atoms with Crippen molar-refractivity contribution in [1.82, 2.24) is 20.2 Å². The number of hydrogen-bond donors (Lipinski definition) is 2. The number of nitrogens with zero attached hydrogens (tertiary/aromatic N) is 3. The van der Waals surface area contributed by atoms with Gasteiger partial charge in [0.1, 0.15) is 5.69 Å². The van der Waals surface area contributed by atoms with Gasteiger partial charge in [-0.2, -0.15) is 4.98 Å². The smallest absolute Gasteiger partial charge is 0.259 e. The summed E-state index contributed by atoms with van der Waals surface area (Å²) in [5, 5.41) is 9.61. The number of aromatic amines is 1. The summed E-state index contributed by atoms with van der Waals surface area (Å²) in [4.78, 5) is 20.5. The van der Waals surface area contributed by atoms with E-state index >= 15 is 0 Å². The van der Waals surface area contributed by atoms with E-state index in [0.29, 0.717) is 22.1 Å². The van der Waals surface area contributed by atoms with Gasteiger partial charge < -0.3 is 0 Å². The van der Waals surface area contributed by atoms with Crippen molar-refractivity contribution in [2.45, 2.75) is 0 Å². The first-order chi connectivity index (χ1) is 10.6. The number of aromatic nitrogens is 4. The minimum atomic E-state index is -0.391. The van der Waals surface area contributed by atoms with Crippen LogP contribution < -0.4 is 5.32 Å². The zero-order valence-corrected chi connectivity index (χ0v) is 13.4. The number of rotatable bonds is 3. The van der Waals surface area contributed by atoms with Gasteiger partial charge in [0.15, 0.2) is 5.82 Å². The Bertz CT molecular complexity index is 821. The van der Waals surface area contributed by atoms with Crippen LogP contribution in [-0.2, 0) is 0 Å². The zero-order chi connectivity index (χ0) is 15.5. The van der Waals surface area contributed by atoms with Gasteiger partial charge in [0.05, 0.1) is 10.6 Å². The molecule has 0 atom stereocenters. The lowest BCUT2D eigenvalue weighted by Crippen LogP contribution is -2.13. The van der Waals surface area contributed by atoms with Gasteiger partial charge in [0.25, 0.3) is 5.91 Å². The van der Waals surface area contributed by atoms with Crippen molar-refractivity contribution in [1.29, 1.82) is 0 Å². The largest absolute Gasteiger partial charge is 0.289 e. The third kappa shape index (κ3) is 3.15. The molecule has 2 N–H and O–H groups in total. The van der Waals surface area contributed by atoms with Gasteiger partial charge in [-0.25, -0.2) is 0 Å². The molecule has 0 bridgehead atoms. The topological polar surface area (TPSA) is 83.6 Å². The Hall–Kier alpha value is -2.25. The van der Waals surface area contributed by atoms with Crippen molar-refractivity contribution in [3.63, 3.8) is 0 Å². The van der Waals surface area contributed by atoms with Crippen LogP contribution in [0.15, 0.2) is 47.1 Å². The van der Waals surface area contributed by atoms with Gasteiger partial charge in [-0.1, -0.05) is 33.6 Å². The number of carbonyl (C=O) groups is 1. The van der Waals surface area contributed by atoms with Crippen LogP contribution in [0.25, 0.3) is 11.5 Å². The number of hydrogen-bond acceptors (Lipinski definition) is 4. The summed E-state index contributed by atoms with van der Waals surface area (Å²) in [6, 6.07) is 10.5. The lowest BCUT2D eigenvalue weighted by atomic mass is 10.2. The number of anilines is 1. The van der Waals surface area contributed by atoms with Gasteiger partial charge in [-0.15, -0.1) is 5.10 Å². The molecule has 1 amide bonds. The Morgan fingerprint density at radius 2 is 2.14 bits per heavy atom. The number of amides is 1. The summed E-state index contributed by atoms with van der Waals surface area (Å²) in [6.45, 7) is 0. The van der Waals surface area contributed by atoms with E-state index in [-0.39, 0.29) is 5.95 Å². The molecule has 1 aromatic carbocycles. The summed E-state index contributed by atoms with van der Waals surface area (Å²) in [5.41, 5.74) is 0.969. The normalized spacial score (nSPS) is 10.5. The second-order valence-corrected chi connectivity index (χ2v) is 5.62. The van der Waals surface area contributed by atoms with Crippen LogP contribution in [0.1, 0.15) is 10.4 Å². The highest BCUT2D eigenvalue weighted by Gasteiger charge is 2.14.